The van der Waals surface area contributed by atoms with E-state index in [1.54, 1.807) is 26.4 Å². The molecule has 108 valence electrons. The van der Waals surface area contributed by atoms with E-state index in [-0.39, 0.29) is 0 Å². The van der Waals surface area contributed by atoms with Crippen LogP contribution >= 0.6 is 11.8 Å². The quantitative estimate of drug-likeness (QED) is 0.631. The third-order valence-electron chi connectivity index (χ3n) is 2.80. The normalized spacial score (nSPS) is 17.5. The van der Waals surface area contributed by atoms with Gasteiger partial charge in [0.15, 0.2) is 11.5 Å². The van der Waals surface area contributed by atoms with Crippen molar-refractivity contribution in [2.45, 2.75) is 0 Å². The molecule has 2 rings (SSSR count). The van der Waals surface area contributed by atoms with Gasteiger partial charge < -0.3 is 14.3 Å². The Morgan fingerprint density at radius 2 is 1.90 bits per heavy atom. The number of hydrogen-bond donors (Lipinski definition) is 0. The first-order chi connectivity index (χ1) is 10.2. The average Bonchev–Trinajstić information content (AvgIpc) is 2.96. The number of oxime groups is 1. The van der Waals surface area contributed by atoms with Crippen molar-refractivity contribution in [3.8, 4) is 17.6 Å². The number of nitriles is 1. The highest BCUT2D eigenvalue weighted by atomic mass is 32.2. The highest BCUT2D eigenvalue weighted by Gasteiger charge is 2.17. The Hall–Kier alpha value is -2.39. The van der Waals surface area contributed by atoms with Crippen LogP contribution in [0.15, 0.2) is 40.4 Å². The van der Waals surface area contributed by atoms with E-state index >= 15 is 0 Å². The van der Waals surface area contributed by atoms with Crippen LogP contribution in [0.4, 0.5) is 0 Å². The number of benzene rings is 1. The van der Waals surface area contributed by atoms with Crippen LogP contribution in [-0.2, 0) is 4.84 Å². The Kier molecular flexibility index (Phi) is 4.90. The van der Waals surface area contributed by atoms with Gasteiger partial charge in [0, 0.05) is 4.91 Å². The highest BCUT2D eigenvalue weighted by molar-refractivity contribution is 8.18. The van der Waals surface area contributed by atoms with Gasteiger partial charge in [-0.2, -0.15) is 5.26 Å². The first-order valence-electron chi connectivity index (χ1n) is 6.07. The van der Waals surface area contributed by atoms with Crippen molar-refractivity contribution in [2.24, 2.45) is 5.16 Å². The monoisotopic (exact) mass is 302 g/mol. The molecule has 0 saturated carbocycles. The molecule has 0 saturated heterocycles. The standard InChI is InChI=1S/C15H14N2O3S/c1-18-12-5-4-10(8-13(12)19-2)11(9-16)14-6-7-15(21-14)17-20-3/h4-8H,1-3H3/b14-11+,17-15?. The molecular formula is C15H14N2O3S. The third-order valence-corrected chi connectivity index (χ3v) is 3.78. The molecule has 0 amide bonds. The molecular weight excluding hydrogens is 288 g/mol. The Bertz CT molecular complexity index is 672. The number of ether oxygens (including phenoxy) is 2. The number of methoxy groups -OCH3 is 2. The van der Waals surface area contributed by atoms with Crippen LogP contribution in [0.5, 0.6) is 11.5 Å². The minimum atomic E-state index is 0.554. The van der Waals surface area contributed by atoms with E-state index in [2.05, 4.69) is 11.2 Å². The fraction of sp³-hybridized carbons (Fsp3) is 0.200. The van der Waals surface area contributed by atoms with E-state index in [0.29, 0.717) is 22.1 Å². The molecule has 6 heteroatoms. The van der Waals surface area contributed by atoms with Crippen molar-refractivity contribution in [3.05, 3.63) is 40.8 Å². The van der Waals surface area contributed by atoms with Crippen molar-refractivity contribution in [1.29, 1.82) is 5.26 Å². The molecule has 1 aromatic carbocycles. The summed E-state index contributed by atoms with van der Waals surface area (Å²) < 4.78 is 10.5. The minimum Gasteiger partial charge on any atom is -0.493 e. The second-order valence-corrected chi connectivity index (χ2v) is 5.03. The zero-order valence-corrected chi connectivity index (χ0v) is 12.7. The lowest BCUT2D eigenvalue weighted by Crippen LogP contribution is -1.93. The van der Waals surface area contributed by atoms with Gasteiger partial charge >= 0.3 is 0 Å². The van der Waals surface area contributed by atoms with E-state index in [1.165, 1.54) is 18.9 Å². The molecule has 5 nitrogen and oxygen atoms in total. The molecule has 0 N–H and O–H groups in total. The van der Waals surface area contributed by atoms with Crippen LogP contribution < -0.4 is 9.47 Å². The smallest absolute Gasteiger partial charge is 0.161 e. The van der Waals surface area contributed by atoms with Gasteiger partial charge in [0.05, 0.1) is 19.8 Å². The number of nitrogens with zero attached hydrogens (tertiary/aromatic N) is 2. The topological polar surface area (TPSA) is 63.8 Å². The van der Waals surface area contributed by atoms with Crippen LogP contribution in [0.1, 0.15) is 5.56 Å². The van der Waals surface area contributed by atoms with Gasteiger partial charge in [0.1, 0.15) is 18.2 Å². The molecule has 0 fully saturated rings. The first-order valence-corrected chi connectivity index (χ1v) is 6.89. The van der Waals surface area contributed by atoms with Gasteiger partial charge in [0.2, 0.25) is 0 Å². The largest absolute Gasteiger partial charge is 0.493 e. The molecule has 0 atom stereocenters. The summed E-state index contributed by atoms with van der Waals surface area (Å²) in [6.45, 7) is 0. The minimum absolute atomic E-state index is 0.554. The Labute approximate surface area is 127 Å². The van der Waals surface area contributed by atoms with Crippen LogP contribution in [-0.4, -0.2) is 26.4 Å². The van der Waals surface area contributed by atoms with E-state index in [4.69, 9.17) is 14.3 Å². The molecule has 21 heavy (non-hydrogen) atoms. The number of allylic oxidation sites excluding steroid dienone is 2. The number of hydrogen-bond acceptors (Lipinski definition) is 6. The van der Waals surface area contributed by atoms with Crippen LogP contribution in [0.2, 0.25) is 0 Å². The van der Waals surface area contributed by atoms with Gasteiger partial charge in [-0.1, -0.05) is 16.9 Å². The molecule has 0 unspecified atom stereocenters. The molecule has 0 bridgehead atoms. The fourth-order valence-corrected chi connectivity index (χ4v) is 2.73. The lowest BCUT2D eigenvalue weighted by molar-refractivity contribution is 0.215. The van der Waals surface area contributed by atoms with Gasteiger partial charge in [0.25, 0.3) is 0 Å². The molecule has 1 aliphatic rings. The summed E-state index contributed by atoms with van der Waals surface area (Å²) in [7, 11) is 4.63. The summed E-state index contributed by atoms with van der Waals surface area (Å²) in [4.78, 5) is 5.55. The summed E-state index contributed by atoms with van der Waals surface area (Å²) in [5.41, 5.74) is 1.32. The summed E-state index contributed by atoms with van der Waals surface area (Å²) >= 11 is 1.39. The molecule has 1 aliphatic heterocycles. The molecule has 1 heterocycles. The second kappa shape index (κ2) is 6.86. The van der Waals surface area contributed by atoms with E-state index in [0.717, 1.165) is 10.5 Å². The fourth-order valence-electron chi connectivity index (χ4n) is 1.85. The lowest BCUT2D eigenvalue weighted by Gasteiger charge is -2.09. The summed E-state index contributed by atoms with van der Waals surface area (Å²) in [5, 5.41) is 14.0. The van der Waals surface area contributed by atoms with Crippen molar-refractivity contribution in [1.82, 2.24) is 0 Å². The number of rotatable bonds is 4. The van der Waals surface area contributed by atoms with Crippen molar-refractivity contribution in [3.63, 3.8) is 0 Å². The molecule has 1 aromatic rings. The SMILES string of the molecule is CON=C1C=C/C(=C(/C#N)c2ccc(OC)c(OC)c2)S1. The maximum absolute atomic E-state index is 9.45. The Morgan fingerprint density at radius 1 is 1.14 bits per heavy atom. The van der Waals surface area contributed by atoms with Crippen molar-refractivity contribution in [2.75, 3.05) is 21.3 Å². The maximum Gasteiger partial charge on any atom is 0.161 e. The Balaban J connectivity index is 2.42. The molecule has 0 spiro atoms. The molecule has 0 aliphatic carbocycles. The van der Waals surface area contributed by atoms with Crippen molar-refractivity contribution >= 4 is 22.4 Å². The lowest BCUT2D eigenvalue weighted by atomic mass is 10.1. The zero-order valence-electron chi connectivity index (χ0n) is 11.9. The first kappa shape index (κ1) is 15.0. The van der Waals surface area contributed by atoms with Crippen LogP contribution in [0.25, 0.3) is 5.57 Å². The van der Waals surface area contributed by atoms with Crippen LogP contribution in [0.3, 0.4) is 0 Å². The van der Waals surface area contributed by atoms with E-state index in [1.807, 2.05) is 18.2 Å². The van der Waals surface area contributed by atoms with E-state index < -0.39 is 0 Å². The number of thioether (sulfide) groups is 1. The predicted octanol–water partition coefficient (Wildman–Crippen LogP) is 3.20. The second-order valence-electron chi connectivity index (χ2n) is 3.97. The third kappa shape index (κ3) is 3.20. The predicted molar refractivity (Wildman–Crippen MR) is 83.3 cm³/mol. The van der Waals surface area contributed by atoms with Gasteiger partial charge in [-0.25, -0.2) is 0 Å². The molecule has 0 radical (unpaired) electrons. The van der Waals surface area contributed by atoms with Crippen molar-refractivity contribution < 1.29 is 14.3 Å². The van der Waals surface area contributed by atoms with E-state index in [9.17, 15) is 5.26 Å². The molecule has 0 aromatic heterocycles. The van der Waals surface area contributed by atoms with Gasteiger partial charge in [-0.15, -0.1) is 0 Å². The Morgan fingerprint density at radius 3 is 2.52 bits per heavy atom. The highest BCUT2D eigenvalue weighted by Crippen LogP contribution is 2.36. The summed E-state index contributed by atoms with van der Waals surface area (Å²) in [6.07, 6.45) is 3.65. The van der Waals surface area contributed by atoms with Crippen LogP contribution in [0, 0.1) is 11.3 Å². The van der Waals surface area contributed by atoms with Gasteiger partial charge in [-0.3, -0.25) is 0 Å². The average molecular weight is 302 g/mol. The summed E-state index contributed by atoms with van der Waals surface area (Å²) in [6, 6.07) is 7.61. The zero-order chi connectivity index (χ0) is 15.2. The summed E-state index contributed by atoms with van der Waals surface area (Å²) in [5.74, 6) is 1.21. The maximum atomic E-state index is 9.45. The van der Waals surface area contributed by atoms with Gasteiger partial charge in [-0.05, 0) is 35.9 Å².